The van der Waals surface area contributed by atoms with Crippen LogP contribution >= 0.6 is 0 Å². The van der Waals surface area contributed by atoms with Gasteiger partial charge in [0.1, 0.15) is 0 Å². The van der Waals surface area contributed by atoms with Gasteiger partial charge in [-0.25, -0.2) is 0 Å². The topological polar surface area (TPSA) is 92.9 Å². The highest BCUT2D eigenvalue weighted by atomic mass is 16.5. The maximum absolute atomic E-state index is 12.4. The molecule has 0 saturated heterocycles. The van der Waals surface area contributed by atoms with Crippen molar-refractivity contribution in [2.45, 2.75) is 58.9 Å². The van der Waals surface area contributed by atoms with Crippen molar-refractivity contribution in [2.75, 3.05) is 13.6 Å². The standard InChI is InChI=1S/C21H29N5O2/c1-12-16(14-7-9-23-10-13(14)11-24-12)17-25-19(28-26-17)21(4)8-6-15(18(27)22-5)20(21,2)3/h11,15,23H,6-10H2,1-5H3,(H,22,27)/t15-,21?/m1/s1. The molecule has 2 atom stereocenters. The quantitative estimate of drug-likeness (QED) is 0.846. The van der Waals surface area contributed by atoms with Gasteiger partial charge >= 0.3 is 0 Å². The number of carbonyl (C=O) groups excluding carboxylic acids is 1. The lowest BCUT2D eigenvalue weighted by Crippen LogP contribution is -2.43. The third-order valence-electron chi connectivity index (χ3n) is 7.24. The highest BCUT2D eigenvalue weighted by molar-refractivity contribution is 5.80. The molecule has 150 valence electrons. The minimum atomic E-state index is -0.354. The lowest BCUT2D eigenvalue weighted by molar-refractivity contribution is -0.128. The second-order valence-corrected chi connectivity index (χ2v) is 8.83. The summed E-state index contributed by atoms with van der Waals surface area (Å²) in [6.45, 7) is 10.2. The Kier molecular flexibility index (Phi) is 4.53. The Balaban J connectivity index is 1.74. The fourth-order valence-corrected chi connectivity index (χ4v) is 4.93. The first-order chi connectivity index (χ1) is 13.3. The van der Waals surface area contributed by atoms with Gasteiger partial charge in [-0.05, 0) is 49.3 Å². The molecule has 1 unspecified atom stereocenters. The number of hydrogen-bond donors (Lipinski definition) is 2. The molecular formula is C21H29N5O2. The van der Waals surface area contributed by atoms with E-state index in [4.69, 9.17) is 9.51 Å². The zero-order valence-electron chi connectivity index (χ0n) is 17.3. The van der Waals surface area contributed by atoms with Crippen LogP contribution < -0.4 is 10.6 Å². The summed E-state index contributed by atoms with van der Waals surface area (Å²) in [5.41, 5.74) is 3.74. The van der Waals surface area contributed by atoms with Crippen molar-refractivity contribution in [1.29, 1.82) is 0 Å². The number of pyridine rings is 1. The Morgan fingerprint density at radius 2 is 2.14 bits per heavy atom. The average Bonchev–Trinajstić information content (AvgIpc) is 3.25. The molecule has 7 heteroatoms. The van der Waals surface area contributed by atoms with Gasteiger partial charge in [0.05, 0.1) is 5.41 Å². The molecule has 1 saturated carbocycles. The Morgan fingerprint density at radius 1 is 1.36 bits per heavy atom. The normalized spacial score (nSPS) is 26.1. The molecule has 2 aromatic heterocycles. The van der Waals surface area contributed by atoms with Crippen molar-refractivity contribution < 1.29 is 9.32 Å². The van der Waals surface area contributed by atoms with Crippen molar-refractivity contribution in [2.24, 2.45) is 11.3 Å². The van der Waals surface area contributed by atoms with E-state index < -0.39 is 0 Å². The third-order valence-corrected chi connectivity index (χ3v) is 7.24. The molecule has 0 aromatic carbocycles. The summed E-state index contributed by atoms with van der Waals surface area (Å²) >= 11 is 0. The van der Waals surface area contributed by atoms with Crippen molar-refractivity contribution in [1.82, 2.24) is 25.8 Å². The van der Waals surface area contributed by atoms with E-state index in [0.717, 1.165) is 43.6 Å². The van der Waals surface area contributed by atoms with Crippen molar-refractivity contribution >= 4 is 5.91 Å². The third kappa shape index (κ3) is 2.67. The number of nitrogens with one attached hydrogen (secondary N) is 2. The maximum atomic E-state index is 12.4. The van der Waals surface area contributed by atoms with E-state index in [2.05, 4.69) is 41.5 Å². The van der Waals surface area contributed by atoms with Crippen LogP contribution in [0.4, 0.5) is 0 Å². The number of carbonyl (C=O) groups is 1. The van der Waals surface area contributed by atoms with Crippen molar-refractivity contribution in [3.05, 3.63) is 28.9 Å². The number of rotatable bonds is 3. The second kappa shape index (κ2) is 6.65. The van der Waals surface area contributed by atoms with Gasteiger partial charge in [-0.15, -0.1) is 0 Å². The molecule has 2 aromatic rings. The average molecular weight is 383 g/mol. The van der Waals surface area contributed by atoms with E-state index in [0.29, 0.717) is 11.7 Å². The molecule has 2 aliphatic rings. The summed E-state index contributed by atoms with van der Waals surface area (Å²) in [6, 6.07) is 0. The summed E-state index contributed by atoms with van der Waals surface area (Å²) in [5, 5.41) is 10.5. The molecule has 0 bridgehead atoms. The van der Waals surface area contributed by atoms with Gasteiger partial charge in [-0.1, -0.05) is 25.9 Å². The second-order valence-electron chi connectivity index (χ2n) is 8.83. The number of aryl methyl sites for hydroxylation is 1. The van der Waals surface area contributed by atoms with Gasteiger partial charge in [-0.2, -0.15) is 4.98 Å². The lowest BCUT2D eigenvalue weighted by Gasteiger charge is -2.38. The highest BCUT2D eigenvalue weighted by Gasteiger charge is 2.57. The summed E-state index contributed by atoms with van der Waals surface area (Å²) in [4.78, 5) is 21.8. The molecule has 0 spiro atoms. The lowest BCUT2D eigenvalue weighted by atomic mass is 9.65. The Bertz CT molecular complexity index is 920. The van der Waals surface area contributed by atoms with Gasteiger partial charge in [0.15, 0.2) is 0 Å². The zero-order valence-corrected chi connectivity index (χ0v) is 17.3. The largest absolute Gasteiger partial charge is 0.359 e. The number of aromatic nitrogens is 3. The van der Waals surface area contributed by atoms with E-state index >= 15 is 0 Å². The van der Waals surface area contributed by atoms with Crippen molar-refractivity contribution in [3.8, 4) is 11.4 Å². The number of hydrogen-bond acceptors (Lipinski definition) is 6. The van der Waals surface area contributed by atoms with E-state index in [1.807, 2.05) is 13.1 Å². The van der Waals surface area contributed by atoms with E-state index in [-0.39, 0.29) is 22.7 Å². The van der Waals surface area contributed by atoms with Crippen LogP contribution in [-0.2, 0) is 23.2 Å². The summed E-state index contributed by atoms with van der Waals surface area (Å²) in [5.74, 6) is 1.24. The smallest absolute Gasteiger partial charge is 0.233 e. The van der Waals surface area contributed by atoms with E-state index in [1.165, 1.54) is 11.1 Å². The van der Waals surface area contributed by atoms with Crippen LogP contribution in [0.15, 0.2) is 10.7 Å². The number of nitrogens with zero attached hydrogens (tertiary/aromatic N) is 3. The van der Waals surface area contributed by atoms with Gasteiger partial charge < -0.3 is 15.2 Å². The summed E-state index contributed by atoms with van der Waals surface area (Å²) < 4.78 is 5.81. The summed E-state index contributed by atoms with van der Waals surface area (Å²) in [7, 11) is 1.70. The minimum absolute atomic E-state index is 0.0724. The van der Waals surface area contributed by atoms with Crippen LogP contribution in [0.3, 0.4) is 0 Å². The monoisotopic (exact) mass is 383 g/mol. The molecule has 1 aliphatic heterocycles. The number of amides is 1. The van der Waals surface area contributed by atoms with Gasteiger partial charge in [0, 0.05) is 37.0 Å². The molecular weight excluding hydrogens is 354 g/mol. The summed E-state index contributed by atoms with van der Waals surface area (Å²) in [6.07, 6.45) is 4.53. The molecule has 7 nitrogen and oxygen atoms in total. The van der Waals surface area contributed by atoms with Crippen molar-refractivity contribution in [3.63, 3.8) is 0 Å². The Hall–Kier alpha value is -2.28. The van der Waals surface area contributed by atoms with Crippen LogP contribution in [-0.4, -0.2) is 34.6 Å². The first kappa shape index (κ1) is 19.1. The Morgan fingerprint density at radius 3 is 2.89 bits per heavy atom. The Labute approximate surface area is 165 Å². The minimum Gasteiger partial charge on any atom is -0.359 e. The van der Waals surface area contributed by atoms with Gasteiger partial charge in [0.2, 0.25) is 17.6 Å². The van der Waals surface area contributed by atoms with E-state index in [1.54, 1.807) is 7.05 Å². The molecule has 1 fully saturated rings. The van der Waals surface area contributed by atoms with Crippen LogP contribution in [0.1, 0.15) is 56.3 Å². The van der Waals surface area contributed by atoms with Gasteiger partial charge in [0.25, 0.3) is 0 Å². The predicted molar refractivity (Wildman–Crippen MR) is 106 cm³/mol. The number of fused-ring (bicyclic) bond motifs is 1. The molecule has 1 amide bonds. The zero-order chi connectivity index (χ0) is 20.1. The molecule has 2 N–H and O–H groups in total. The molecule has 28 heavy (non-hydrogen) atoms. The fourth-order valence-electron chi connectivity index (χ4n) is 4.93. The van der Waals surface area contributed by atoms with Crippen LogP contribution in [0.2, 0.25) is 0 Å². The predicted octanol–water partition coefficient (Wildman–Crippen LogP) is 2.53. The highest BCUT2D eigenvalue weighted by Crippen LogP contribution is 2.56. The first-order valence-electron chi connectivity index (χ1n) is 10.0. The SMILES string of the molecule is CNC(=O)[C@H]1CCC(C)(c2nc(-c3c(C)ncc4c3CCNC4)no2)C1(C)C. The van der Waals surface area contributed by atoms with Crippen LogP contribution in [0.5, 0.6) is 0 Å². The molecule has 3 heterocycles. The van der Waals surface area contributed by atoms with Crippen LogP contribution in [0, 0.1) is 18.3 Å². The maximum Gasteiger partial charge on any atom is 0.233 e. The molecule has 1 aliphatic carbocycles. The fraction of sp³-hybridized carbons (Fsp3) is 0.619. The van der Waals surface area contributed by atoms with Gasteiger partial charge in [-0.3, -0.25) is 9.78 Å². The van der Waals surface area contributed by atoms with E-state index in [9.17, 15) is 4.79 Å². The molecule has 4 rings (SSSR count). The molecule has 0 radical (unpaired) electrons. The van der Waals surface area contributed by atoms with Crippen LogP contribution in [0.25, 0.3) is 11.4 Å². The first-order valence-corrected chi connectivity index (χ1v) is 10.0.